The SMILES string of the molecule is FC(F)(F)c1ccccc1-c1cc(-c2nc(-c3ccccc3)cc(-c3ccccc3)n2)cc(-c2ccccc2C(F)(F)F)c1-n1c2ccccc2c2c3oc4ccccc4c3ccc21. The van der Waals surface area contributed by atoms with Crippen molar-refractivity contribution in [2.45, 2.75) is 12.4 Å². The predicted molar refractivity (Wildman–Crippen MR) is 241 cm³/mol. The molecule has 0 unspecified atom stereocenters. The van der Waals surface area contributed by atoms with E-state index in [9.17, 15) is 0 Å². The van der Waals surface area contributed by atoms with Crippen molar-refractivity contribution in [2.24, 2.45) is 0 Å². The summed E-state index contributed by atoms with van der Waals surface area (Å²) in [6.45, 7) is 0. The van der Waals surface area contributed by atoms with Crippen LogP contribution < -0.4 is 0 Å². The summed E-state index contributed by atoms with van der Waals surface area (Å²) in [6, 6.07) is 52.5. The first-order chi connectivity index (χ1) is 31.0. The fourth-order valence-electron chi connectivity index (χ4n) is 8.91. The van der Waals surface area contributed by atoms with Crippen LogP contribution in [0.25, 0.3) is 106 Å². The maximum atomic E-state index is 15.3. The van der Waals surface area contributed by atoms with Crippen molar-refractivity contribution in [3.8, 4) is 61.8 Å². The normalized spacial score (nSPS) is 12.2. The van der Waals surface area contributed by atoms with Crippen LogP contribution in [0.3, 0.4) is 0 Å². The molecular weight excluding hydrogens is 821 g/mol. The summed E-state index contributed by atoms with van der Waals surface area (Å²) in [5.74, 6) is 0.106. The molecule has 0 aliphatic rings. The fraction of sp³-hybridized carbons (Fsp3) is 0.0370. The van der Waals surface area contributed by atoms with E-state index in [2.05, 4.69) is 0 Å². The first-order valence-corrected chi connectivity index (χ1v) is 20.4. The van der Waals surface area contributed by atoms with Crippen molar-refractivity contribution < 1.29 is 30.8 Å². The smallest absolute Gasteiger partial charge is 0.417 e. The highest BCUT2D eigenvalue weighted by Crippen LogP contribution is 2.50. The van der Waals surface area contributed by atoms with Crippen LogP contribution in [-0.2, 0) is 12.4 Å². The van der Waals surface area contributed by atoms with E-state index in [1.54, 1.807) is 22.8 Å². The Morgan fingerprint density at radius 2 is 0.906 bits per heavy atom. The van der Waals surface area contributed by atoms with Crippen LogP contribution in [-0.4, -0.2) is 14.5 Å². The molecule has 0 radical (unpaired) electrons. The third kappa shape index (κ3) is 6.49. The van der Waals surface area contributed by atoms with Crippen LogP contribution in [0.15, 0.2) is 192 Å². The molecule has 0 saturated carbocycles. The fourth-order valence-corrected chi connectivity index (χ4v) is 8.91. The Morgan fingerprint density at radius 3 is 1.48 bits per heavy atom. The van der Waals surface area contributed by atoms with Crippen molar-refractivity contribution in [1.29, 1.82) is 0 Å². The topological polar surface area (TPSA) is 43.9 Å². The summed E-state index contributed by atoms with van der Waals surface area (Å²) in [5, 5.41) is 3.04. The van der Waals surface area contributed by atoms with Gasteiger partial charge in [0.15, 0.2) is 5.82 Å². The summed E-state index contributed by atoms with van der Waals surface area (Å²) < 4.78 is 100. The zero-order valence-corrected chi connectivity index (χ0v) is 33.4. The van der Waals surface area contributed by atoms with Gasteiger partial charge in [-0.05, 0) is 65.7 Å². The number of benzene rings is 8. The summed E-state index contributed by atoms with van der Waals surface area (Å²) >= 11 is 0. The van der Waals surface area contributed by atoms with Gasteiger partial charge in [-0.15, -0.1) is 0 Å². The van der Waals surface area contributed by atoms with Gasteiger partial charge in [0.05, 0.1) is 44.6 Å². The minimum atomic E-state index is -4.85. The van der Waals surface area contributed by atoms with Gasteiger partial charge in [-0.2, -0.15) is 26.3 Å². The zero-order valence-electron chi connectivity index (χ0n) is 33.4. The molecule has 0 amide bonds. The Balaban J connectivity index is 1.33. The molecule has 64 heavy (non-hydrogen) atoms. The number of halogens is 6. The molecule has 11 aromatic rings. The van der Waals surface area contributed by atoms with Crippen molar-refractivity contribution in [3.05, 3.63) is 199 Å². The van der Waals surface area contributed by atoms with E-state index in [-0.39, 0.29) is 39.3 Å². The van der Waals surface area contributed by atoms with Crippen molar-refractivity contribution >= 4 is 43.7 Å². The molecule has 0 bridgehead atoms. The number of rotatable bonds is 6. The molecule has 8 aromatic carbocycles. The highest BCUT2D eigenvalue weighted by molar-refractivity contribution is 6.24. The minimum absolute atomic E-state index is 0.0136. The Labute approximate surface area is 361 Å². The van der Waals surface area contributed by atoms with Gasteiger partial charge >= 0.3 is 12.4 Å². The lowest BCUT2D eigenvalue weighted by Gasteiger charge is -2.24. The summed E-state index contributed by atoms with van der Waals surface area (Å²) in [4.78, 5) is 9.97. The summed E-state index contributed by atoms with van der Waals surface area (Å²) in [7, 11) is 0. The first-order valence-electron chi connectivity index (χ1n) is 20.4. The molecule has 4 nitrogen and oxygen atoms in total. The van der Waals surface area contributed by atoms with E-state index in [4.69, 9.17) is 14.4 Å². The van der Waals surface area contributed by atoms with Gasteiger partial charge < -0.3 is 8.98 Å². The molecule has 0 aliphatic carbocycles. The summed E-state index contributed by atoms with van der Waals surface area (Å²) in [6.07, 6.45) is -9.70. The molecule has 310 valence electrons. The Kier molecular flexibility index (Phi) is 9.02. The second-order valence-electron chi connectivity index (χ2n) is 15.5. The number of nitrogens with zero attached hydrogens (tertiary/aromatic N) is 3. The molecule has 0 N–H and O–H groups in total. The molecule has 3 heterocycles. The molecule has 10 heteroatoms. The molecule has 0 atom stereocenters. The second-order valence-corrected chi connectivity index (χ2v) is 15.5. The van der Waals surface area contributed by atoms with Gasteiger partial charge in [0, 0.05) is 44.0 Å². The lowest BCUT2D eigenvalue weighted by atomic mass is 9.88. The van der Waals surface area contributed by atoms with E-state index in [1.165, 1.54) is 36.4 Å². The maximum Gasteiger partial charge on any atom is 0.417 e. The predicted octanol–water partition coefficient (Wildman–Crippen LogP) is 15.8. The highest BCUT2D eigenvalue weighted by atomic mass is 19.4. The lowest BCUT2D eigenvalue weighted by molar-refractivity contribution is -0.137. The molecule has 11 rings (SSSR count). The summed E-state index contributed by atoms with van der Waals surface area (Å²) in [5.41, 5.74) is 2.68. The number of aromatic nitrogens is 3. The Bertz CT molecular complexity index is 3450. The number of para-hydroxylation sites is 2. The number of hydrogen-bond donors (Lipinski definition) is 0. The van der Waals surface area contributed by atoms with Crippen LogP contribution in [0.4, 0.5) is 26.3 Å². The number of furan rings is 1. The number of alkyl halides is 6. The maximum absolute atomic E-state index is 15.3. The van der Waals surface area contributed by atoms with Gasteiger partial charge in [-0.3, -0.25) is 0 Å². The molecular formula is C54H31F6N3O. The first kappa shape index (κ1) is 38.9. The molecule has 0 saturated heterocycles. The quantitative estimate of drug-likeness (QED) is 0.157. The number of hydrogen-bond acceptors (Lipinski definition) is 3. The molecule has 0 spiro atoms. The van der Waals surface area contributed by atoms with Crippen molar-refractivity contribution in [1.82, 2.24) is 14.5 Å². The minimum Gasteiger partial charge on any atom is -0.455 e. The average Bonchev–Trinajstić information content (AvgIpc) is 3.87. The second kappa shape index (κ2) is 14.8. The zero-order chi connectivity index (χ0) is 43.7. The van der Waals surface area contributed by atoms with Crippen LogP contribution in [0, 0.1) is 0 Å². The van der Waals surface area contributed by atoms with E-state index >= 15 is 26.3 Å². The lowest BCUT2D eigenvalue weighted by Crippen LogP contribution is -2.11. The van der Waals surface area contributed by atoms with Crippen LogP contribution >= 0.6 is 0 Å². The third-order valence-corrected chi connectivity index (χ3v) is 11.7. The third-order valence-electron chi connectivity index (χ3n) is 11.7. The van der Waals surface area contributed by atoms with Gasteiger partial charge in [0.2, 0.25) is 0 Å². The van der Waals surface area contributed by atoms with E-state index in [0.717, 1.165) is 34.0 Å². The van der Waals surface area contributed by atoms with Crippen molar-refractivity contribution in [3.63, 3.8) is 0 Å². The van der Waals surface area contributed by atoms with Crippen LogP contribution in [0.5, 0.6) is 0 Å². The average molecular weight is 852 g/mol. The Morgan fingerprint density at radius 1 is 0.406 bits per heavy atom. The largest absolute Gasteiger partial charge is 0.455 e. The monoisotopic (exact) mass is 851 g/mol. The highest BCUT2D eigenvalue weighted by Gasteiger charge is 2.37. The molecule has 0 fully saturated rings. The van der Waals surface area contributed by atoms with Crippen LogP contribution in [0.2, 0.25) is 0 Å². The van der Waals surface area contributed by atoms with Gasteiger partial charge in [-0.25, -0.2) is 9.97 Å². The Hall–Kier alpha value is -7.98. The number of fused-ring (bicyclic) bond motifs is 7. The van der Waals surface area contributed by atoms with E-state index in [0.29, 0.717) is 44.4 Å². The van der Waals surface area contributed by atoms with Gasteiger partial charge in [-0.1, -0.05) is 133 Å². The van der Waals surface area contributed by atoms with E-state index in [1.807, 2.05) is 121 Å². The van der Waals surface area contributed by atoms with Crippen molar-refractivity contribution in [2.75, 3.05) is 0 Å². The molecule has 0 aliphatic heterocycles. The van der Waals surface area contributed by atoms with E-state index < -0.39 is 23.5 Å². The molecule has 3 aromatic heterocycles. The van der Waals surface area contributed by atoms with Crippen LogP contribution in [0.1, 0.15) is 11.1 Å². The van der Waals surface area contributed by atoms with Gasteiger partial charge in [0.25, 0.3) is 0 Å². The standard InChI is InChI=1S/C54H31F6N3O/c55-53(56,57)42-23-11-7-19-35(42)40-29-34(52-61-44(32-15-3-1-4-16-32)31-45(62-52)33-17-5-2-6-18-33)30-41(36-20-8-12-24-43(36)54(58,59)60)50(40)63-46-25-13-9-22-39(46)49-47(63)28-27-38-37-21-10-14-26-48(37)64-51(38)49/h1-31H. The van der Waals surface area contributed by atoms with Gasteiger partial charge in [0.1, 0.15) is 11.2 Å².